The maximum Gasteiger partial charge on any atom is 0.246 e. The van der Waals surface area contributed by atoms with Gasteiger partial charge in [-0.3, -0.25) is 14.4 Å². The second-order valence-corrected chi connectivity index (χ2v) is 8.54. The average Bonchev–Trinajstić information content (AvgIpc) is 3.19. The molecule has 0 spiro atoms. The lowest BCUT2D eigenvalue weighted by molar-refractivity contribution is -0.156. The number of hydrogen-bond acceptors (Lipinski definition) is 4. The molecular weight excluding hydrogens is 350 g/mol. The fourth-order valence-electron chi connectivity index (χ4n) is 4.38. The molecule has 3 fully saturated rings. The zero-order chi connectivity index (χ0) is 18.1. The third-order valence-electron chi connectivity index (χ3n) is 5.83. The summed E-state index contributed by atoms with van der Waals surface area (Å²) >= 11 is 1.59. The molecule has 1 saturated carbocycles. The van der Waals surface area contributed by atoms with Crippen LogP contribution in [0.4, 0.5) is 0 Å². The van der Waals surface area contributed by atoms with Crippen molar-refractivity contribution in [3.05, 3.63) is 22.4 Å². The van der Waals surface area contributed by atoms with Gasteiger partial charge in [0.2, 0.25) is 17.7 Å². The van der Waals surface area contributed by atoms with E-state index >= 15 is 0 Å². The van der Waals surface area contributed by atoms with E-state index in [1.54, 1.807) is 16.2 Å². The Morgan fingerprint density at radius 3 is 2.73 bits per heavy atom. The van der Waals surface area contributed by atoms with Crippen molar-refractivity contribution in [2.24, 2.45) is 5.92 Å². The van der Waals surface area contributed by atoms with Gasteiger partial charge in [-0.25, -0.2) is 0 Å². The summed E-state index contributed by atoms with van der Waals surface area (Å²) in [6.07, 6.45) is 5.89. The predicted octanol–water partition coefficient (Wildman–Crippen LogP) is 1.41. The first-order chi connectivity index (χ1) is 12.6. The maximum atomic E-state index is 12.8. The second-order valence-electron chi connectivity index (χ2n) is 7.51. The monoisotopic (exact) mass is 375 g/mol. The van der Waals surface area contributed by atoms with Crippen LogP contribution < -0.4 is 5.32 Å². The molecule has 2 aliphatic heterocycles. The summed E-state index contributed by atoms with van der Waals surface area (Å²) < 4.78 is 0. The standard InChI is InChI=1S/C19H25N3O3S/c23-17-16-12-21(18(24)13-5-2-1-3-6-13)8-9-22(16)19(25)15(20-17)11-14-7-4-10-26-14/h4,7,10,13,15-16H,1-3,5-6,8-9,11-12H2,(H,20,23)/t15-,16-/m1/s1. The minimum atomic E-state index is -0.539. The lowest BCUT2D eigenvalue weighted by Gasteiger charge is -2.46. The first kappa shape index (κ1) is 17.5. The average molecular weight is 375 g/mol. The smallest absolute Gasteiger partial charge is 0.246 e. The molecule has 2 atom stereocenters. The highest BCUT2D eigenvalue weighted by Crippen LogP contribution is 2.27. The number of thiophene rings is 1. The van der Waals surface area contributed by atoms with Gasteiger partial charge in [0, 0.05) is 30.3 Å². The van der Waals surface area contributed by atoms with Crippen LogP contribution in [0, 0.1) is 5.92 Å². The van der Waals surface area contributed by atoms with Crippen LogP contribution in [-0.2, 0) is 20.8 Å². The Labute approximate surface area is 157 Å². The highest BCUT2D eigenvalue weighted by Gasteiger charge is 2.44. The molecule has 1 aromatic heterocycles. The molecule has 6 nitrogen and oxygen atoms in total. The lowest BCUT2D eigenvalue weighted by atomic mass is 9.88. The van der Waals surface area contributed by atoms with Gasteiger partial charge in [0.1, 0.15) is 12.1 Å². The van der Waals surface area contributed by atoms with Crippen molar-refractivity contribution >= 4 is 29.1 Å². The summed E-state index contributed by atoms with van der Waals surface area (Å²) in [4.78, 5) is 42.8. The van der Waals surface area contributed by atoms with Crippen LogP contribution in [0.25, 0.3) is 0 Å². The topological polar surface area (TPSA) is 69.7 Å². The van der Waals surface area contributed by atoms with Crippen LogP contribution in [0.5, 0.6) is 0 Å². The fourth-order valence-corrected chi connectivity index (χ4v) is 5.13. The largest absolute Gasteiger partial charge is 0.342 e. The Balaban J connectivity index is 1.41. The second kappa shape index (κ2) is 7.39. The predicted molar refractivity (Wildman–Crippen MR) is 98.6 cm³/mol. The minimum absolute atomic E-state index is 0.0206. The third-order valence-corrected chi connectivity index (χ3v) is 6.73. The molecule has 1 aliphatic carbocycles. The molecule has 26 heavy (non-hydrogen) atoms. The highest BCUT2D eigenvalue weighted by atomic mass is 32.1. The zero-order valence-electron chi connectivity index (χ0n) is 14.9. The fraction of sp³-hybridized carbons (Fsp3) is 0.632. The summed E-state index contributed by atoms with van der Waals surface area (Å²) in [5.74, 6) is 0.120. The van der Waals surface area contributed by atoms with Crippen LogP contribution in [-0.4, -0.2) is 59.2 Å². The first-order valence-electron chi connectivity index (χ1n) is 9.55. The van der Waals surface area contributed by atoms with Crippen molar-refractivity contribution in [1.29, 1.82) is 0 Å². The molecule has 4 rings (SSSR count). The van der Waals surface area contributed by atoms with Crippen molar-refractivity contribution in [3.8, 4) is 0 Å². The third kappa shape index (κ3) is 3.37. The van der Waals surface area contributed by atoms with E-state index in [0.29, 0.717) is 26.1 Å². The Hall–Kier alpha value is -1.89. The number of nitrogens with one attached hydrogen (secondary N) is 1. The number of amides is 3. The van der Waals surface area contributed by atoms with Crippen molar-refractivity contribution in [1.82, 2.24) is 15.1 Å². The van der Waals surface area contributed by atoms with E-state index in [0.717, 1.165) is 30.6 Å². The van der Waals surface area contributed by atoms with E-state index in [2.05, 4.69) is 5.32 Å². The summed E-state index contributed by atoms with van der Waals surface area (Å²) in [6.45, 7) is 1.32. The van der Waals surface area contributed by atoms with Crippen LogP contribution in [0.15, 0.2) is 17.5 Å². The van der Waals surface area contributed by atoms with E-state index in [1.165, 1.54) is 6.42 Å². The quantitative estimate of drug-likeness (QED) is 0.868. The van der Waals surface area contributed by atoms with E-state index in [1.807, 2.05) is 22.4 Å². The number of nitrogens with zero attached hydrogens (tertiary/aromatic N) is 2. The SMILES string of the molecule is O=C1N[C@H](Cc2cccs2)C(=O)N2CCN(C(=O)C3CCCCC3)C[C@H]12. The summed E-state index contributed by atoms with van der Waals surface area (Å²) in [6, 6.07) is 2.91. The van der Waals surface area contributed by atoms with E-state index in [9.17, 15) is 14.4 Å². The Morgan fingerprint density at radius 2 is 2.00 bits per heavy atom. The summed E-state index contributed by atoms with van der Waals surface area (Å²) in [7, 11) is 0. The lowest BCUT2D eigenvalue weighted by Crippen LogP contribution is -2.70. The van der Waals surface area contributed by atoms with Gasteiger partial charge in [0.15, 0.2) is 0 Å². The number of piperazine rings is 2. The van der Waals surface area contributed by atoms with Crippen LogP contribution in [0.2, 0.25) is 0 Å². The van der Waals surface area contributed by atoms with E-state index in [-0.39, 0.29) is 23.6 Å². The van der Waals surface area contributed by atoms with Gasteiger partial charge in [-0.2, -0.15) is 0 Å². The van der Waals surface area contributed by atoms with Gasteiger partial charge >= 0.3 is 0 Å². The van der Waals surface area contributed by atoms with E-state index in [4.69, 9.17) is 0 Å². The molecule has 0 radical (unpaired) electrons. The number of hydrogen-bond donors (Lipinski definition) is 1. The van der Waals surface area contributed by atoms with Gasteiger partial charge < -0.3 is 15.1 Å². The molecule has 0 bridgehead atoms. The Morgan fingerprint density at radius 1 is 1.19 bits per heavy atom. The zero-order valence-corrected chi connectivity index (χ0v) is 15.7. The minimum Gasteiger partial charge on any atom is -0.342 e. The molecule has 0 aromatic carbocycles. The molecule has 140 valence electrons. The Kier molecular flexibility index (Phi) is 4.98. The van der Waals surface area contributed by atoms with Gasteiger partial charge in [0.25, 0.3) is 0 Å². The number of carbonyl (C=O) groups excluding carboxylic acids is 3. The molecular formula is C19H25N3O3S. The van der Waals surface area contributed by atoms with Gasteiger partial charge in [-0.1, -0.05) is 25.3 Å². The molecule has 3 amide bonds. The van der Waals surface area contributed by atoms with Gasteiger partial charge in [0.05, 0.1) is 6.54 Å². The van der Waals surface area contributed by atoms with Crippen molar-refractivity contribution < 1.29 is 14.4 Å². The molecule has 2 saturated heterocycles. The van der Waals surface area contributed by atoms with Gasteiger partial charge in [-0.05, 0) is 24.3 Å². The molecule has 1 aromatic rings. The normalized spacial score (nSPS) is 27.2. The van der Waals surface area contributed by atoms with Crippen LogP contribution >= 0.6 is 11.3 Å². The van der Waals surface area contributed by atoms with Crippen molar-refractivity contribution in [2.45, 2.75) is 50.6 Å². The maximum absolute atomic E-state index is 12.8. The molecule has 3 heterocycles. The Bertz CT molecular complexity index is 684. The van der Waals surface area contributed by atoms with Gasteiger partial charge in [-0.15, -0.1) is 11.3 Å². The van der Waals surface area contributed by atoms with Crippen LogP contribution in [0.1, 0.15) is 37.0 Å². The summed E-state index contributed by atoms with van der Waals surface area (Å²) in [5, 5.41) is 4.86. The van der Waals surface area contributed by atoms with Crippen LogP contribution in [0.3, 0.4) is 0 Å². The number of fused-ring (bicyclic) bond motifs is 1. The molecule has 1 N–H and O–H groups in total. The number of rotatable bonds is 3. The first-order valence-corrected chi connectivity index (χ1v) is 10.4. The summed E-state index contributed by atoms with van der Waals surface area (Å²) in [5.41, 5.74) is 0. The molecule has 7 heteroatoms. The van der Waals surface area contributed by atoms with Crippen molar-refractivity contribution in [2.75, 3.05) is 19.6 Å². The number of carbonyl (C=O) groups is 3. The van der Waals surface area contributed by atoms with Crippen molar-refractivity contribution in [3.63, 3.8) is 0 Å². The van der Waals surface area contributed by atoms with E-state index < -0.39 is 12.1 Å². The highest BCUT2D eigenvalue weighted by molar-refractivity contribution is 7.09. The molecule has 3 aliphatic rings. The molecule has 0 unspecified atom stereocenters.